The van der Waals surface area contributed by atoms with E-state index in [1.54, 1.807) is 6.07 Å². The molecule has 0 bridgehead atoms. The van der Waals surface area contributed by atoms with Gasteiger partial charge in [0, 0.05) is 12.6 Å². The summed E-state index contributed by atoms with van der Waals surface area (Å²) in [7, 11) is 1.34. The van der Waals surface area contributed by atoms with Crippen LogP contribution in [0.3, 0.4) is 0 Å². The first kappa shape index (κ1) is 11.8. The Balaban J connectivity index is 2.14. The maximum atomic E-state index is 11.2. The van der Waals surface area contributed by atoms with Crippen LogP contribution >= 0.6 is 0 Å². The summed E-state index contributed by atoms with van der Waals surface area (Å²) in [6, 6.07) is 3.98. The van der Waals surface area contributed by atoms with Gasteiger partial charge < -0.3 is 9.64 Å². The number of carbonyl (C=O) groups is 1. The summed E-state index contributed by atoms with van der Waals surface area (Å²) in [5, 5.41) is 7.99. The van der Waals surface area contributed by atoms with E-state index in [0.717, 1.165) is 12.4 Å². The van der Waals surface area contributed by atoms with Gasteiger partial charge in [0.25, 0.3) is 0 Å². The van der Waals surface area contributed by atoms with Gasteiger partial charge in [0.1, 0.15) is 0 Å². The zero-order chi connectivity index (χ0) is 12.3. The maximum absolute atomic E-state index is 11.2. The van der Waals surface area contributed by atoms with Gasteiger partial charge in [-0.25, -0.2) is 4.79 Å². The van der Waals surface area contributed by atoms with Gasteiger partial charge in [0.2, 0.25) is 0 Å². The average Bonchev–Trinajstić information content (AvgIpc) is 2.39. The second-order valence-corrected chi connectivity index (χ2v) is 4.31. The van der Waals surface area contributed by atoms with Crippen LogP contribution in [0.1, 0.15) is 36.7 Å². The molecule has 2 rings (SSSR count). The summed E-state index contributed by atoms with van der Waals surface area (Å²) < 4.78 is 4.59. The predicted molar refractivity (Wildman–Crippen MR) is 64.0 cm³/mol. The molecule has 1 aliphatic heterocycles. The van der Waals surface area contributed by atoms with Gasteiger partial charge in [0.05, 0.1) is 7.11 Å². The van der Waals surface area contributed by atoms with Gasteiger partial charge in [-0.1, -0.05) is 0 Å². The normalized spacial score (nSPS) is 20.1. The summed E-state index contributed by atoms with van der Waals surface area (Å²) >= 11 is 0. The Kier molecular flexibility index (Phi) is 3.56. The van der Waals surface area contributed by atoms with Crippen LogP contribution in [0, 0.1) is 0 Å². The van der Waals surface area contributed by atoms with E-state index in [-0.39, 0.29) is 5.69 Å². The fourth-order valence-electron chi connectivity index (χ4n) is 2.13. The third kappa shape index (κ3) is 2.54. The highest BCUT2D eigenvalue weighted by atomic mass is 16.5. The van der Waals surface area contributed by atoms with Gasteiger partial charge in [0.15, 0.2) is 11.5 Å². The molecule has 0 unspecified atom stereocenters. The van der Waals surface area contributed by atoms with Crippen LogP contribution in [0.4, 0.5) is 5.82 Å². The minimum atomic E-state index is -0.448. The molecule has 0 aromatic carbocycles. The van der Waals surface area contributed by atoms with E-state index in [1.807, 2.05) is 6.07 Å². The van der Waals surface area contributed by atoms with Gasteiger partial charge in [-0.05, 0) is 38.3 Å². The molecule has 0 spiro atoms. The molecule has 1 fully saturated rings. The molecule has 92 valence electrons. The molecule has 2 heterocycles. The van der Waals surface area contributed by atoms with Crippen molar-refractivity contribution < 1.29 is 9.53 Å². The Morgan fingerprint density at radius 1 is 1.41 bits per heavy atom. The summed E-state index contributed by atoms with van der Waals surface area (Å²) in [5.74, 6) is 0.389. The molecule has 0 N–H and O–H groups in total. The van der Waals surface area contributed by atoms with E-state index < -0.39 is 5.97 Å². The largest absolute Gasteiger partial charge is 0.464 e. The topological polar surface area (TPSA) is 55.3 Å². The molecule has 17 heavy (non-hydrogen) atoms. The van der Waals surface area contributed by atoms with Crippen LogP contribution < -0.4 is 4.90 Å². The van der Waals surface area contributed by atoms with Crippen LogP contribution in [-0.4, -0.2) is 35.9 Å². The van der Waals surface area contributed by atoms with E-state index in [9.17, 15) is 4.79 Å². The quantitative estimate of drug-likeness (QED) is 0.729. The molecule has 5 heteroatoms. The zero-order valence-corrected chi connectivity index (χ0v) is 10.2. The SMILES string of the molecule is COC(=O)c1ccc(N2CCCC[C@H]2C)nn1. The molecule has 1 aromatic heterocycles. The van der Waals surface area contributed by atoms with Crippen LogP contribution in [0.2, 0.25) is 0 Å². The second kappa shape index (κ2) is 5.12. The number of hydrogen-bond acceptors (Lipinski definition) is 5. The number of esters is 1. The fraction of sp³-hybridized carbons (Fsp3) is 0.583. The number of aromatic nitrogens is 2. The number of nitrogens with zero attached hydrogens (tertiary/aromatic N) is 3. The minimum absolute atomic E-state index is 0.251. The lowest BCUT2D eigenvalue weighted by Gasteiger charge is -2.33. The molecule has 1 atom stereocenters. The molecule has 1 aliphatic rings. The lowest BCUT2D eigenvalue weighted by Crippen LogP contribution is -2.38. The molecule has 5 nitrogen and oxygen atoms in total. The highest BCUT2D eigenvalue weighted by Gasteiger charge is 2.20. The molecule has 0 amide bonds. The lowest BCUT2D eigenvalue weighted by atomic mass is 10.0. The van der Waals surface area contributed by atoms with E-state index >= 15 is 0 Å². The molecular weight excluding hydrogens is 218 g/mol. The molecule has 0 radical (unpaired) electrons. The highest BCUT2D eigenvalue weighted by molar-refractivity contribution is 5.86. The van der Waals surface area contributed by atoms with Crippen molar-refractivity contribution in [2.45, 2.75) is 32.2 Å². The lowest BCUT2D eigenvalue weighted by molar-refractivity contribution is 0.0592. The van der Waals surface area contributed by atoms with Gasteiger partial charge in [-0.15, -0.1) is 10.2 Å². The van der Waals surface area contributed by atoms with Crippen molar-refractivity contribution in [3.63, 3.8) is 0 Å². The van der Waals surface area contributed by atoms with Crippen molar-refractivity contribution in [3.05, 3.63) is 17.8 Å². The van der Waals surface area contributed by atoms with Crippen LogP contribution in [0.25, 0.3) is 0 Å². The molecule has 0 saturated carbocycles. The summed E-state index contributed by atoms with van der Waals surface area (Å²) in [5.41, 5.74) is 0.251. The number of rotatable bonds is 2. The standard InChI is InChI=1S/C12H17N3O2/c1-9-5-3-4-8-15(9)11-7-6-10(13-14-11)12(16)17-2/h6-7,9H,3-5,8H2,1-2H3/t9-/m1/s1. The van der Waals surface area contributed by atoms with E-state index in [4.69, 9.17) is 0 Å². The Bertz CT molecular complexity index is 391. The first-order chi connectivity index (χ1) is 8.22. The van der Waals surface area contributed by atoms with Crippen molar-refractivity contribution in [1.82, 2.24) is 10.2 Å². The molecule has 1 aromatic rings. The molecule has 1 saturated heterocycles. The van der Waals surface area contributed by atoms with Crippen molar-refractivity contribution in [3.8, 4) is 0 Å². The van der Waals surface area contributed by atoms with Crippen molar-refractivity contribution in [2.24, 2.45) is 0 Å². The first-order valence-corrected chi connectivity index (χ1v) is 5.91. The summed E-state index contributed by atoms with van der Waals surface area (Å²) in [4.78, 5) is 13.5. The highest BCUT2D eigenvalue weighted by Crippen LogP contribution is 2.22. The Labute approximate surface area is 101 Å². The van der Waals surface area contributed by atoms with Crippen LogP contribution in [0.15, 0.2) is 12.1 Å². The number of piperidine rings is 1. The number of ether oxygens (including phenoxy) is 1. The first-order valence-electron chi connectivity index (χ1n) is 5.91. The smallest absolute Gasteiger partial charge is 0.358 e. The van der Waals surface area contributed by atoms with Crippen molar-refractivity contribution in [2.75, 3.05) is 18.6 Å². The Morgan fingerprint density at radius 2 is 2.24 bits per heavy atom. The third-order valence-electron chi connectivity index (χ3n) is 3.14. The minimum Gasteiger partial charge on any atom is -0.464 e. The Morgan fingerprint density at radius 3 is 2.82 bits per heavy atom. The number of carbonyl (C=O) groups excluding carboxylic acids is 1. The average molecular weight is 235 g/mol. The number of hydrogen-bond donors (Lipinski definition) is 0. The van der Waals surface area contributed by atoms with Gasteiger partial charge >= 0.3 is 5.97 Å². The monoisotopic (exact) mass is 235 g/mol. The van der Waals surface area contributed by atoms with E-state index in [1.165, 1.54) is 26.4 Å². The summed E-state index contributed by atoms with van der Waals surface area (Å²) in [6.07, 6.45) is 3.64. The van der Waals surface area contributed by atoms with Crippen molar-refractivity contribution in [1.29, 1.82) is 0 Å². The predicted octanol–water partition coefficient (Wildman–Crippen LogP) is 1.64. The van der Waals surface area contributed by atoms with Crippen LogP contribution in [-0.2, 0) is 4.74 Å². The third-order valence-corrected chi connectivity index (χ3v) is 3.14. The zero-order valence-electron chi connectivity index (χ0n) is 10.2. The summed E-state index contributed by atoms with van der Waals surface area (Å²) in [6.45, 7) is 3.20. The second-order valence-electron chi connectivity index (χ2n) is 4.31. The van der Waals surface area contributed by atoms with Gasteiger partial charge in [-0.3, -0.25) is 0 Å². The number of anilines is 1. The van der Waals surface area contributed by atoms with Crippen molar-refractivity contribution >= 4 is 11.8 Å². The van der Waals surface area contributed by atoms with Gasteiger partial charge in [-0.2, -0.15) is 0 Å². The molecule has 0 aliphatic carbocycles. The van der Waals surface area contributed by atoms with E-state index in [0.29, 0.717) is 6.04 Å². The molecular formula is C12H17N3O2. The van der Waals surface area contributed by atoms with Crippen LogP contribution in [0.5, 0.6) is 0 Å². The number of methoxy groups -OCH3 is 1. The fourth-order valence-corrected chi connectivity index (χ4v) is 2.13. The van der Waals surface area contributed by atoms with E-state index in [2.05, 4.69) is 26.8 Å². The maximum Gasteiger partial charge on any atom is 0.358 e. The Hall–Kier alpha value is -1.65.